The molecule has 0 saturated heterocycles. The highest BCUT2D eigenvalue weighted by Crippen LogP contribution is 2.33. The molecule has 7 heteroatoms. The molecule has 6 nitrogen and oxygen atoms in total. The van der Waals surface area contributed by atoms with Gasteiger partial charge in [-0.1, -0.05) is 96.8 Å². The lowest BCUT2D eigenvalue weighted by atomic mass is 10.0. The molecule has 2 unspecified atom stereocenters. The molecule has 0 bridgehead atoms. The van der Waals surface area contributed by atoms with Crippen LogP contribution in [0.15, 0.2) is 0 Å². The Morgan fingerprint density at radius 2 is 1.29 bits per heavy atom. The average Bonchev–Trinajstić information content (AvgIpc) is 2.74. The molecule has 0 aliphatic heterocycles. The van der Waals surface area contributed by atoms with E-state index in [-0.39, 0.29) is 12.7 Å². The molecule has 0 fully saturated rings. The molecule has 0 aromatic carbocycles. The maximum absolute atomic E-state index is 10.7. The smallest absolute Gasteiger partial charge is 0.330 e. The number of rotatable bonds is 25. The van der Waals surface area contributed by atoms with E-state index in [2.05, 4.69) is 6.92 Å². The Labute approximate surface area is 193 Å². The van der Waals surface area contributed by atoms with E-state index >= 15 is 0 Å². The van der Waals surface area contributed by atoms with E-state index in [4.69, 9.17) is 13.8 Å². The summed E-state index contributed by atoms with van der Waals surface area (Å²) >= 11 is 0. The zero-order valence-electron chi connectivity index (χ0n) is 20.6. The summed E-state index contributed by atoms with van der Waals surface area (Å²) in [6.07, 6.45) is 20.4. The fourth-order valence-electron chi connectivity index (χ4n) is 3.50. The molecule has 0 aromatic heterocycles. The molecule has 0 saturated carbocycles. The number of hydrogen-bond acceptors (Lipinski definition) is 6. The van der Waals surface area contributed by atoms with Gasteiger partial charge >= 0.3 is 8.60 Å². The van der Waals surface area contributed by atoms with E-state index in [1.807, 2.05) is 19.0 Å². The number of unbranched alkanes of at least 4 members (excludes halogenated alkanes) is 14. The molecule has 0 aliphatic rings. The van der Waals surface area contributed by atoms with Crippen molar-refractivity contribution in [1.29, 1.82) is 0 Å². The van der Waals surface area contributed by atoms with Crippen LogP contribution in [0.1, 0.15) is 110 Å². The molecular formula is C24H50NO5P. The Bertz CT molecular complexity index is 374. The summed E-state index contributed by atoms with van der Waals surface area (Å²) in [6, 6.07) is 0. The summed E-state index contributed by atoms with van der Waals surface area (Å²) < 4.78 is 15.6. The van der Waals surface area contributed by atoms with Gasteiger partial charge in [0.2, 0.25) is 0 Å². The Morgan fingerprint density at radius 3 is 1.74 bits per heavy atom. The fraction of sp³-hybridized carbons (Fsp3) is 0.958. The zero-order chi connectivity index (χ0) is 23.0. The first-order valence-electron chi connectivity index (χ1n) is 12.6. The molecule has 0 radical (unpaired) electrons. The Kier molecular flexibility index (Phi) is 24.2. The summed E-state index contributed by atoms with van der Waals surface area (Å²) in [5.41, 5.74) is 0. The Morgan fingerprint density at radius 1 is 0.806 bits per heavy atom. The van der Waals surface area contributed by atoms with Crippen LogP contribution in [0.25, 0.3) is 0 Å². The average molecular weight is 464 g/mol. The molecule has 0 aromatic rings. The number of carbonyl (C=O) groups excluding carboxylic acids is 1. The van der Waals surface area contributed by atoms with Gasteiger partial charge < -0.3 is 23.6 Å². The van der Waals surface area contributed by atoms with Crippen molar-refractivity contribution >= 4 is 15.1 Å². The summed E-state index contributed by atoms with van der Waals surface area (Å²) in [7, 11) is 1.96. The second kappa shape index (κ2) is 24.4. The van der Waals surface area contributed by atoms with Crippen LogP contribution in [0.5, 0.6) is 0 Å². The topological polar surface area (TPSA) is 68.2 Å². The maximum atomic E-state index is 10.7. The van der Waals surface area contributed by atoms with Gasteiger partial charge in [-0.25, -0.2) is 0 Å². The van der Waals surface area contributed by atoms with E-state index in [9.17, 15) is 9.69 Å². The van der Waals surface area contributed by atoms with Gasteiger partial charge in [0, 0.05) is 6.54 Å². The molecular weight excluding hydrogens is 413 g/mol. The molecule has 2 atom stereocenters. The second-order valence-corrected chi connectivity index (χ2v) is 9.75. The normalized spacial score (nSPS) is 13.5. The van der Waals surface area contributed by atoms with Crippen molar-refractivity contribution in [3.63, 3.8) is 0 Å². The van der Waals surface area contributed by atoms with E-state index < -0.39 is 8.60 Å². The van der Waals surface area contributed by atoms with Crippen LogP contribution in [0.4, 0.5) is 0 Å². The first-order chi connectivity index (χ1) is 15.1. The fourth-order valence-corrected chi connectivity index (χ4v) is 4.10. The monoisotopic (exact) mass is 463 g/mol. The van der Waals surface area contributed by atoms with E-state index in [1.54, 1.807) is 0 Å². The third-order valence-electron chi connectivity index (χ3n) is 5.49. The third-order valence-corrected chi connectivity index (χ3v) is 6.26. The Hall–Kier alpha value is -0.260. The highest BCUT2D eigenvalue weighted by molar-refractivity contribution is 7.40. The minimum atomic E-state index is -1.92. The van der Waals surface area contributed by atoms with Gasteiger partial charge in [0.25, 0.3) is 6.47 Å². The van der Waals surface area contributed by atoms with Gasteiger partial charge in [-0.3, -0.25) is 4.79 Å². The van der Waals surface area contributed by atoms with Crippen LogP contribution in [-0.2, 0) is 18.6 Å². The lowest BCUT2D eigenvalue weighted by Crippen LogP contribution is -2.20. The van der Waals surface area contributed by atoms with Crippen molar-refractivity contribution in [1.82, 2.24) is 4.90 Å². The van der Waals surface area contributed by atoms with Crippen molar-refractivity contribution in [3.8, 4) is 0 Å². The van der Waals surface area contributed by atoms with Gasteiger partial charge in [0.1, 0.15) is 6.10 Å². The van der Waals surface area contributed by atoms with Gasteiger partial charge in [0.15, 0.2) is 0 Å². The maximum Gasteiger partial charge on any atom is 0.330 e. The van der Waals surface area contributed by atoms with Crippen LogP contribution in [0.2, 0.25) is 0 Å². The first kappa shape index (κ1) is 30.7. The minimum absolute atomic E-state index is 0.182. The third kappa shape index (κ3) is 24.2. The molecule has 186 valence electrons. The van der Waals surface area contributed by atoms with Crippen LogP contribution in [-0.4, -0.2) is 56.2 Å². The quantitative estimate of drug-likeness (QED) is 0.0934. The largest absolute Gasteiger partial charge is 0.462 e. The minimum Gasteiger partial charge on any atom is -0.462 e. The highest BCUT2D eigenvalue weighted by Gasteiger charge is 2.14. The molecule has 0 heterocycles. The van der Waals surface area contributed by atoms with Crippen molar-refractivity contribution in [2.75, 3.05) is 33.9 Å². The number of hydrogen-bond donors (Lipinski definition) is 1. The van der Waals surface area contributed by atoms with E-state index in [0.29, 0.717) is 13.1 Å². The van der Waals surface area contributed by atoms with Crippen molar-refractivity contribution in [3.05, 3.63) is 0 Å². The molecule has 0 amide bonds. The Balaban J connectivity index is 3.49. The second-order valence-electron chi connectivity index (χ2n) is 8.76. The standard InChI is InChI=1S/C24H50NO5P/c1-4-5-6-7-8-9-10-11-12-13-14-15-16-17-18-19-24(28-23-26)22-30-31(27)29-21-20-25(2)3/h23-24,27H,4-22H2,1-3H3. The first-order valence-corrected chi connectivity index (χ1v) is 13.7. The number of ether oxygens (including phenoxy) is 1. The molecule has 31 heavy (non-hydrogen) atoms. The molecule has 1 N–H and O–H groups in total. The SMILES string of the molecule is CCCCCCCCCCCCCCCCCC(COP(O)OCCN(C)C)OC=O. The van der Waals surface area contributed by atoms with E-state index in [0.717, 1.165) is 25.8 Å². The van der Waals surface area contributed by atoms with Crippen LogP contribution in [0, 0.1) is 0 Å². The van der Waals surface area contributed by atoms with Crippen molar-refractivity contribution in [2.24, 2.45) is 0 Å². The van der Waals surface area contributed by atoms with Gasteiger partial charge in [-0.2, -0.15) is 0 Å². The zero-order valence-corrected chi connectivity index (χ0v) is 21.5. The molecule has 0 spiro atoms. The van der Waals surface area contributed by atoms with Crippen LogP contribution >= 0.6 is 8.60 Å². The van der Waals surface area contributed by atoms with Crippen molar-refractivity contribution in [2.45, 2.75) is 116 Å². The lowest BCUT2D eigenvalue weighted by molar-refractivity contribution is -0.135. The number of carbonyl (C=O) groups is 1. The van der Waals surface area contributed by atoms with Gasteiger partial charge in [0.05, 0.1) is 13.2 Å². The van der Waals surface area contributed by atoms with Gasteiger partial charge in [-0.15, -0.1) is 0 Å². The highest BCUT2D eigenvalue weighted by atomic mass is 31.2. The molecule has 0 rings (SSSR count). The lowest BCUT2D eigenvalue weighted by Gasteiger charge is -2.18. The summed E-state index contributed by atoms with van der Waals surface area (Å²) in [5.74, 6) is 0. The van der Waals surface area contributed by atoms with Crippen molar-refractivity contribution < 1.29 is 23.5 Å². The summed E-state index contributed by atoms with van der Waals surface area (Å²) in [5, 5.41) is 0. The summed E-state index contributed by atoms with van der Waals surface area (Å²) in [6.45, 7) is 4.05. The van der Waals surface area contributed by atoms with Crippen LogP contribution < -0.4 is 0 Å². The predicted octanol–water partition coefficient (Wildman–Crippen LogP) is 6.60. The predicted molar refractivity (Wildman–Crippen MR) is 130 cm³/mol. The summed E-state index contributed by atoms with van der Waals surface area (Å²) in [4.78, 5) is 22.4. The van der Waals surface area contributed by atoms with Gasteiger partial charge in [-0.05, 0) is 26.9 Å². The van der Waals surface area contributed by atoms with E-state index in [1.165, 1.54) is 83.5 Å². The number of likely N-dealkylation sites (N-methyl/N-ethyl adjacent to an activating group) is 1. The molecule has 0 aliphatic carbocycles. The van der Waals surface area contributed by atoms with Crippen LogP contribution in [0.3, 0.4) is 0 Å². The number of nitrogens with zero attached hydrogens (tertiary/aromatic N) is 1.